The van der Waals surface area contributed by atoms with Crippen molar-refractivity contribution in [1.82, 2.24) is 0 Å². The summed E-state index contributed by atoms with van der Waals surface area (Å²) in [5.41, 5.74) is 1.03. The second-order valence-corrected chi connectivity index (χ2v) is 4.36. The van der Waals surface area contributed by atoms with E-state index in [9.17, 15) is 9.90 Å². The van der Waals surface area contributed by atoms with Gasteiger partial charge in [0.1, 0.15) is 13.2 Å². The van der Waals surface area contributed by atoms with Gasteiger partial charge in [-0.1, -0.05) is 0 Å². The first-order chi connectivity index (χ1) is 7.65. The summed E-state index contributed by atoms with van der Waals surface area (Å²) in [5.74, 6) is 0.873. The first-order valence-electron chi connectivity index (χ1n) is 4.90. The SMILES string of the molecule is CC(O)c1cc(Br)c(C=O)c2c1OCCO2. The minimum absolute atomic E-state index is 0.406. The Hall–Kier alpha value is -1.07. The maximum atomic E-state index is 11.0. The molecule has 2 rings (SSSR count). The van der Waals surface area contributed by atoms with E-state index in [0.29, 0.717) is 46.6 Å². The third-order valence-electron chi connectivity index (χ3n) is 2.40. The third-order valence-corrected chi connectivity index (χ3v) is 3.05. The number of carbonyl (C=O) groups excluding carboxylic acids is 1. The number of carbonyl (C=O) groups is 1. The predicted octanol–water partition coefficient (Wildman–Crippen LogP) is 2.09. The van der Waals surface area contributed by atoms with Crippen LogP contribution in [-0.2, 0) is 0 Å². The highest BCUT2D eigenvalue weighted by molar-refractivity contribution is 9.10. The molecule has 1 aliphatic rings. The summed E-state index contributed by atoms with van der Waals surface area (Å²) in [6.45, 7) is 2.47. The molecule has 16 heavy (non-hydrogen) atoms. The molecule has 0 saturated heterocycles. The van der Waals surface area contributed by atoms with Gasteiger partial charge in [-0.15, -0.1) is 0 Å². The molecule has 1 aliphatic heterocycles. The van der Waals surface area contributed by atoms with Crippen LogP contribution in [0, 0.1) is 0 Å². The Balaban J connectivity index is 2.66. The van der Waals surface area contributed by atoms with Crippen LogP contribution in [0.5, 0.6) is 11.5 Å². The molecule has 0 aromatic heterocycles. The number of aliphatic hydroxyl groups is 1. The van der Waals surface area contributed by atoms with Crippen LogP contribution in [-0.4, -0.2) is 24.6 Å². The van der Waals surface area contributed by atoms with Crippen LogP contribution in [0.25, 0.3) is 0 Å². The molecule has 1 N–H and O–H groups in total. The van der Waals surface area contributed by atoms with Gasteiger partial charge in [-0.2, -0.15) is 0 Å². The monoisotopic (exact) mass is 286 g/mol. The van der Waals surface area contributed by atoms with Crippen LogP contribution in [0.4, 0.5) is 0 Å². The van der Waals surface area contributed by atoms with Gasteiger partial charge in [-0.3, -0.25) is 4.79 Å². The fourth-order valence-electron chi connectivity index (χ4n) is 1.64. The van der Waals surface area contributed by atoms with E-state index in [0.717, 1.165) is 0 Å². The fourth-order valence-corrected chi connectivity index (χ4v) is 2.16. The Kier molecular flexibility index (Phi) is 3.16. The standard InChI is InChI=1S/C11H11BrO4/c1-6(14)7-4-9(12)8(5-13)11-10(7)15-2-3-16-11/h4-6,14H,2-3H2,1H3. The molecule has 0 bridgehead atoms. The lowest BCUT2D eigenvalue weighted by Gasteiger charge is -2.24. The van der Waals surface area contributed by atoms with Crippen LogP contribution in [0.1, 0.15) is 28.9 Å². The van der Waals surface area contributed by atoms with Crippen LogP contribution in [0.2, 0.25) is 0 Å². The van der Waals surface area contributed by atoms with Crippen molar-refractivity contribution < 1.29 is 19.4 Å². The summed E-state index contributed by atoms with van der Waals surface area (Å²) in [6, 6.07) is 1.68. The normalized spacial score (nSPS) is 15.7. The summed E-state index contributed by atoms with van der Waals surface area (Å²) < 4.78 is 11.5. The van der Waals surface area contributed by atoms with Crippen LogP contribution in [0.15, 0.2) is 10.5 Å². The average Bonchev–Trinajstić information content (AvgIpc) is 2.28. The largest absolute Gasteiger partial charge is 0.486 e. The van der Waals surface area contributed by atoms with E-state index < -0.39 is 6.10 Å². The van der Waals surface area contributed by atoms with E-state index in [1.54, 1.807) is 13.0 Å². The number of aldehydes is 1. The molecule has 1 atom stereocenters. The van der Waals surface area contributed by atoms with Crippen molar-refractivity contribution in [2.24, 2.45) is 0 Å². The molecule has 0 aliphatic carbocycles. The van der Waals surface area contributed by atoms with Crippen molar-refractivity contribution >= 4 is 22.2 Å². The molecule has 1 heterocycles. The summed E-state index contributed by atoms with van der Waals surface area (Å²) >= 11 is 3.28. The van der Waals surface area contributed by atoms with Gasteiger partial charge in [0.2, 0.25) is 0 Å². The van der Waals surface area contributed by atoms with Crippen molar-refractivity contribution in [3.05, 3.63) is 21.7 Å². The molecule has 0 radical (unpaired) electrons. The van der Waals surface area contributed by atoms with Crippen molar-refractivity contribution in [2.45, 2.75) is 13.0 Å². The minimum Gasteiger partial charge on any atom is -0.486 e. The lowest BCUT2D eigenvalue weighted by Crippen LogP contribution is -2.18. The third kappa shape index (κ3) is 1.81. The molecule has 0 amide bonds. The van der Waals surface area contributed by atoms with E-state index in [4.69, 9.17) is 9.47 Å². The number of fused-ring (bicyclic) bond motifs is 1. The number of hydrogen-bond acceptors (Lipinski definition) is 4. The Morgan fingerprint density at radius 1 is 1.44 bits per heavy atom. The summed E-state index contributed by atoms with van der Waals surface area (Å²) in [5, 5.41) is 9.62. The molecule has 0 saturated carbocycles. The molecule has 0 spiro atoms. The van der Waals surface area contributed by atoms with Crippen molar-refractivity contribution in [3.63, 3.8) is 0 Å². The molecule has 1 aromatic rings. The lowest BCUT2D eigenvalue weighted by atomic mass is 10.0. The van der Waals surface area contributed by atoms with Gasteiger partial charge < -0.3 is 14.6 Å². The first kappa shape index (κ1) is 11.4. The van der Waals surface area contributed by atoms with E-state index >= 15 is 0 Å². The van der Waals surface area contributed by atoms with Crippen molar-refractivity contribution in [2.75, 3.05) is 13.2 Å². The van der Waals surface area contributed by atoms with Gasteiger partial charge in [0, 0.05) is 10.0 Å². The molecule has 86 valence electrons. The van der Waals surface area contributed by atoms with Crippen molar-refractivity contribution in [3.8, 4) is 11.5 Å². The Morgan fingerprint density at radius 2 is 2.06 bits per heavy atom. The molecular weight excluding hydrogens is 276 g/mol. The lowest BCUT2D eigenvalue weighted by molar-refractivity contribution is 0.110. The summed E-state index contributed by atoms with van der Waals surface area (Å²) in [4.78, 5) is 11.0. The highest BCUT2D eigenvalue weighted by Gasteiger charge is 2.24. The van der Waals surface area contributed by atoms with Gasteiger partial charge in [-0.25, -0.2) is 0 Å². The number of hydrogen-bond donors (Lipinski definition) is 1. The average molecular weight is 287 g/mol. The predicted molar refractivity (Wildman–Crippen MR) is 61.2 cm³/mol. The van der Waals surface area contributed by atoms with Gasteiger partial charge in [0.15, 0.2) is 17.8 Å². The smallest absolute Gasteiger partial charge is 0.173 e. The van der Waals surface area contributed by atoms with E-state index in [1.807, 2.05) is 0 Å². The Bertz CT molecular complexity index is 428. The zero-order chi connectivity index (χ0) is 11.7. The zero-order valence-corrected chi connectivity index (χ0v) is 10.3. The number of aliphatic hydroxyl groups excluding tert-OH is 1. The second kappa shape index (κ2) is 4.43. The summed E-state index contributed by atoms with van der Waals surface area (Å²) in [7, 11) is 0. The maximum Gasteiger partial charge on any atom is 0.173 e. The van der Waals surface area contributed by atoms with Gasteiger partial charge in [0.05, 0.1) is 11.7 Å². The molecule has 5 heteroatoms. The van der Waals surface area contributed by atoms with Gasteiger partial charge in [0.25, 0.3) is 0 Å². The second-order valence-electron chi connectivity index (χ2n) is 3.51. The van der Waals surface area contributed by atoms with Gasteiger partial charge in [-0.05, 0) is 28.9 Å². The Morgan fingerprint density at radius 3 is 2.62 bits per heavy atom. The fraction of sp³-hybridized carbons (Fsp3) is 0.364. The molecule has 1 unspecified atom stereocenters. The minimum atomic E-state index is -0.674. The van der Waals surface area contributed by atoms with Crippen molar-refractivity contribution in [1.29, 1.82) is 0 Å². The first-order valence-corrected chi connectivity index (χ1v) is 5.69. The molecule has 1 aromatic carbocycles. The summed E-state index contributed by atoms with van der Waals surface area (Å²) in [6.07, 6.45) is 0.0381. The molecular formula is C11H11BrO4. The number of rotatable bonds is 2. The number of benzene rings is 1. The number of halogens is 1. The zero-order valence-electron chi connectivity index (χ0n) is 8.70. The molecule has 4 nitrogen and oxygen atoms in total. The Labute approximate surface area is 101 Å². The van der Waals surface area contributed by atoms with Gasteiger partial charge >= 0.3 is 0 Å². The topological polar surface area (TPSA) is 55.8 Å². The quantitative estimate of drug-likeness (QED) is 0.846. The van der Waals surface area contributed by atoms with Crippen LogP contribution in [0.3, 0.4) is 0 Å². The van der Waals surface area contributed by atoms with E-state index in [1.165, 1.54) is 0 Å². The van der Waals surface area contributed by atoms with E-state index in [2.05, 4.69) is 15.9 Å². The highest BCUT2D eigenvalue weighted by Crippen LogP contribution is 2.42. The van der Waals surface area contributed by atoms with Crippen LogP contribution >= 0.6 is 15.9 Å². The maximum absolute atomic E-state index is 11.0. The van der Waals surface area contributed by atoms with E-state index in [-0.39, 0.29) is 0 Å². The highest BCUT2D eigenvalue weighted by atomic mass is 79.9. The molecule has 0 fully saturated rings. The number of ether oxygens (including phenoxy) is 2. The van der Waals surface area contributed by atoms with Crippen LogP contribution < -0.4 is 9.47 Å².